The number of aromatic nitrogens is 2. The second kappa shape index (κ2) is 7.52. The number of nitrogens with zero attached hydrogens (tertiary/aromatic N) is 2. The summed E-state index contributed by atoms with van der Waals surface area (Å²) in [5, 5.41) is 22.1. The Morgan fingerprint density at radius 3 is 1.85 bits per heavy atom. The van der Waals surface area contributed by atoms with Crippen molar-refractivity contribution < 1.29 is 126 Å². The minimum Gasteiger partial charge on any atom is -0.888 e. The van der Waals surface area contributed by atoms with Crippen molar-refractivity contribution >= 4 is 12.7 Å². The van der Waals surface area contributed by atoms with Gasteiger partial charge in [-0.3, -0.25) is 0 Å². The molecule has 1 heterocycles. The summed E-state index contributed by atoms with van der Waals surface area (Å²) in [5.41, 5.74) is -1.47. The summed E-state index contributed by atoms with van der Waals surface area (Å²) in [4.78, 5) is -0.894. The second-order valence-electron chi connectivity index (χ2n) is 1.68. The first kappa shape index (κ1) is 17.6. The van der Waals surface area contributed by atoms with Crippen LogP contribution >= 0.6 is 0 Å². The molecule has 0 aliphatic heterocycles. The molecule has 0 radical (unpaired) electrons. The fourth-order valence-electron chi connectivity index (χ4n) is 0.552. The third-order valence-corrected chi connectivity index (χ3v) is 1.00. The van der Waals surface area contributed by atoms with Crippen LogP contribution < -0.4 is 118 Å². The van der Waals surface area contributed by atoms with E-state index in [1.807, 2.05) is 0 Å². The van der Waals surface area contributed by atoms with E-state index in [1.54, 1.807) is 0 Å². The van der Waals surface area contributed by atoms with Crippen LogP contribution in [0.2, 0.25) is 0 Å². The molecule has 0 saturated heterocycles. The van der Waals surface area contributed by atoms with Crippen LogP contribution in [0.25, 0.3) is 0 Å². The fourth-order valence-corrected chi connectivity index (χ4v) is 0.552. The third-order valence-electron chi connectivity index (χ3n) is 1.00. The largest absolute Gasteiger partial charge is 1.00 e. The topological polar surface area (TPSA) is 63.9 Å². The van der Waals surface area contributed by atoms with Crippen molar-refractivity contribution in [2.24, 2.45) is 0 Å². The van der Waals surface area contributed by atoms with E-state index in [9.17, 15) is 23.3 Å². The number of hydrogen-bond donors (Lipinski definition) is 0. The van der Waals surface area contributed by atoms with E-state index in [0.29, 0.717) is 0 Å². The van der Waals surface area contributed by atoms with Gasteiger partial charge in [-0.15, -0.1) is 10.0 Å². The number of hydrogen-bond acceptors (Lipinski definition) is 3. The van der Waals surface area contributed by atoms with E-state index < -0.39 is 29.4 Å². The molecule has 10 heteroatoms. The molecule has 0 unspecified atom stereocenters. The Bertz CT molecular complexity index is 284. The monoisotopic (exact) mass is 242 g/mol. The Hall–Kier alpha value is 2.26. The first-order chi connectivity index (χ1) is 5.04. The minimum absolute atomic E-state index is 0. The molecule has 0 aliphatic carbocycles. The average Bonchev–Trinajstić information content (AvgIpc) is 2.07. The zero-order chi connectivity index (χ0) is 8.59. The second-order valence-corrected chi connectivity index (χ2v) is 1.68. The van der Waals surface area contributed by atoms with Crippen molar-refractivity contribution in [3.63, 3.8) is 0 Å². The molecule has 4 nitrogen and oxygen atoms in total. The van der Waals surface area contributed by atoms with Crippen LogP contribution in [-0.4, -0.2) is 17.1 Å². The summed E-state index contributed by atoms with van der Waals surface area (Å²) in [6.07, 6.45) is 0. The maximum atomic E-state index is 12.2. The Kier molecular flexibility index (Phi) is 10.2. The average molecular weight is 242 g/mol. The molecule has 1 aromatic rings. The molecule has 0 aliphatic rings. The van der Waals surface area contributed by atoms with Gasteiger partial charge >= 0.3 is 103 Å². The van der Waals surface area contributed by atoms with Gasteiger partial charge in [0.05, 0.1) is 0 Å². The van der Waals surface area contributed by atoms with Gasteiger partial charge in [-0.1, -0.05) is 4.48 Å². The van der Waals surface area contributed by atoms with E-state index in [1.165, 1.54) is 0 Å². The van der Waals surface area contributed by atoms with E-state index in [0.717, 1.165) is 0 Å². The molecule has 0 spiro atoms. The molecule has 13 heavy (non-hydrogen) atoms. The predicted octanol–water partition coefficient (Wildman–Crippen LogP) is -8.68. The van der Waals surface area contributed by atoms with Crippen LogP contribution in [0.4, 0.5) is 13.3 Å². The van der Waals surface area contributed by atoms with Gasteiger partial charge in [0, 0.05) is 5.59 Å². The van der Waals surface area contributed by atoms with Gasteiger partial charge in [-0.05, 0) is 7.12 Å². The first-order valence-electron chi connectivity index (χ1n) is 2.45. The van der Waals surface area contributed by atoms with E-state index in [-0.39, 0.29) is 103 Å². The van der Waals surface area contributed by atoms with Crippen LogP contribution in [0.5, 0.6) is 0 Å². The van der Waals surface area contributed by atoms with Gasteiger partial charge in [-0.25, -0.2) is 4.39 Å². The third kappa shape index (κ3) is 4.32. The number of rotatable bonds is 1. The van der Waals surface area contributed by atoms with E-state index in [4.69, 9.17) is 0 Å². The number of halogens is 3. The van der Waals surface area contributed by atoms with E-state index >= 15 is 0 Å². The smallest absolute Gasteiger partial charge is 0.888 e. The Morgan fingerprint density at radius 1 is 1.23 bits per heavy atom. The molecule has 0 fully saturated rings. The van der Waals surface area contributed by atoms with E-state index in [2.05, 4.69) is 5.10 Å². The summed E-state index contributed by atoms with van der Waals surface area (Å²) < 4.78 is 36.2. The molecule has 0 atom stereocenters. The van der Waals surface area contributed by atoms with Crippen LogP contribution in [0.1, 0.15) is 0 Å². The minimum atomic E-state index is -2.92. The molecular weight excluding hydrogens is 242 g/mol. The molecule has 1 aromatic heterocycles. The first-order valence-corrected chi connectivity index (χ1v) is 2.45. The Labute approximate surface area is 157 Å². The summed E-state index contributed by atoms with van der Waals surface area (Å²) in [5.74, 6) is -3.62. The van der Waals surface area contributed by atoms with Crippen LogP contribution in [0, 0.1) is 11.8 Å². The maximum Gasteiger partial charge on any atom is 1.00 e. The normalized spacial score (nSPS) is 8.69. The molecule has 0 bridgehead atoms. The Balaban J connectivity index is 0. The molecule has 0 N–H and O–H groups in total. The standard InChI is InChI=1S/C3BF3N2O2.2K/c5-1-2(4(10)11)9(7)8-3(1)6;;/q-2;2*+1. The van der Waals surface area contributed by atoms with Gasteiger partial charge in [-0.2, -0.15) is 4.39 Å². The van der Waals surface area contributed by atoms with Crippen LogP contribution in [0.15, 0.2) is 0 Å². The van der Waals surface area contributed by atoms with Crippen molar-refractivity contribution in [1.82, 2.24) is 10.0 Å². The van der Waals surface area contributed by atoms with Gasteiger partial charge in [0.1, 0.15) is 0 Å². The zero-order valence-corrected chi connectivity index (χ0v) is 13.2. The molecule has 1 rings (SSSR count). The summed E-state index contributed by atoms with van der Waals surface area (Å²) in [6.45, 7) is 0. The summed E-state index contributed by atoms with van der Waals surface area (Å²) in [6, 6.07) is 0. The summed E-state index contributed by atoms with van der Waals surface area (Å²) >= 11 is 0. The Morgan fingerprint density at radius 2 is 1.69 bits per heavy atom. The van der Waals surface area contributed by atoms with Gasteiger partial charge in [0.25, 0.3) is 5.95 Å². The van der Waals surface area contributed by atoms with Crippen molar-refractivity contribution in [3.8, 4) is 0 Å². The zero-order valence-electron chi connectivity index (χ0n) is 6.92. The molecule has 0 aromatic carbocycles. The maximum absolute atomic E-state index is 12.2. The van der Waals surface area contributed by atoms with Gasteiger partial charge < -0.3 is 10.0 Å². The molecule has 60 valence electrons. The van der Waals surface area contributed by atoms with Crippen molar-refractivity contribution in [1.29, 1.82) is 0 Å². The van der Waals surface area contributed by atoms with Crippen molar-refractivity contribution in [3.05, 3.63) is 11.8 Å². The predicted molar refractivity (Wildman–Crippen MR) is 24.0 cm³/mol. The van der Waals surface area contributed by atoms with Gasteiger partial charge in [0.15, 0.2) is 5.82 Å². The molecule has 0 amide bonds. The fraction of sp³-hybridized carbons (Fsp3) is 0. The molecular formula is C3BF3K2N2O2. The summed E-state index contributed by atoms with van der Waals surface area (Å²) in [7, 11) is -2.92. The molecule has 0 saturated carbocycles. The van der Waals surface area contributed by atoms with Gasteiger partial charge in [0.2, 0.25) is 0 Å². The quantitative estimate of drug-likeness (QED) is 0.459. The van der Waals surface area contributed by atoms with Crippen molar-refractivity contribution in [2.45, 2.75) is 0 Å². The van der Waals surface area contributed by atoms with Crippen LogP contribution in [0.3, 0.4) is 0 Å². The van der Waals surface area contributed by atoms with Crippen LogP contribution in [-0.2, 0) is 0 Å². The SMILES string of the molecule is [K+].[K+].[O-]B([O-])c1c(F)c(F)nn1F. The van der Waals surface area contributed by atoms with Crippen molar-refractivity contribution in [2.75, 3.05) is 0 Å².